The molecule has 3 rings (SSSR count). The highest BCUT2D eigenvalue weighted by Crippen LogP contribution is 2.18. The molecule has 5 heteroatoms. The summed E-state index contributed by atoms with van der Waals surface area (Å²) in [7, 11) is 0. The fourth-order valence-corrected chi connectivity index (χ4v) is 2.62. The molecule has 1 fully saturated rings. The number of nitrogens with one attached hydrogen (secondary N) is 1. The van der Waals surface area contributed by atoms with Gasteiger partial charge in [0.15, 0.2) is 0 Å². The number of hydrazone groups is 1. The normalized spacial score (nSPS) is 19.8. The first-order valence-electron chi connectivity index (χ1n) is 7.29. The smallest absolute Gasteiger partial charge is 0.281 e. The van der Waals surface area contributed by atoms with Crippen LogP contribution in [-0.4, -0.2) is 36.3 Å². The number of amides is 1. The first-order chi connectivity index (χ1) is 9.83. The van der Waals surface area contributed by atoms with Crippen LogP contribution in [0.15, 0.2) is 35.4 Å². The lowest BCUT2D eigenvalue weighted by Crippen LogP contribution is -2.47. The maximum atomic E-state index is 12.2. The molecule has 0 aliphatic carbocycles. The Balaban J connectivity index is 1.61. The molecule has 0 spiro atoms. The monoisotopic (exact) mass is 272 g/mol. The Morgan fingerprint density at radius 1 is 1.05 bits per heavy atom. The quantitative estimate of drug-likeness (QED) is 0.912. The molecule has 1 saturated heterocycles. The molecule has 0 radical (unpaired) electrons. The summed E-state index contributed by atoms with van der Waals surface area (Å²) in [4.78, 5) is 12.2. The minimum absolute atomic E-state index is 0.0506. The predicted octanol–water partition coefficient (Wildman–Crippen LogP) is 1.77. The molecule has 1 amide bonds. The van der Waals surface area contributed by atoms with Gasteiger partial charge in [-0.2, -0.15) is 5.10 Å². The van der Waals surface area contributed by atoms with Gasteiger partial charge in [0.25, 0.3) is 5.91 Å². The van der Waals surface area contributed by atoms with Crippen LogP contribution in [-0.2, 0) is 4.79 Å². The van der Waals surface area contributed by atoms with Gasteiger partial charge in [0.1, 0.15) is 5.71 Å². The van der Waals surface area contributed by atoms with Crippen molar-refractivity contribution in [1.82, 2.24) is 10.4 Å². The van der Waals surface area contributed by atoms with Crippen molar-refractivity contribution in [3.05, 3.63) is 30.3 Å². The summed E-state index contributed by atoms with van der Waals surface area (Å²) in [5.41, 5.74) is 4.63. The van der Waals surface area contributed by atoms with Crippen LogP contribution >= 0.6 is 0 Å². The third kappa shape index (κ3) is 2.99. The van der Waals surface area contributed by atoms with Crippen LogP contribution in [0.25, 0.3) is 0 Å². The van der Waals surface area contributed by atoms with Crippen molar-refractivity contribution in [1.29, 1.82) is 0 Å². The van der Waals surface area contributed by atoms with E-state index in [1.54, 1.807) is 0 Å². The third-order valence-electron chi connectivity index (χ3n) is 3.73. The molecule has 5 nitrogen and oxygen atoms in total. The lowest BCUT2D eigenvalue weighted by molar-refractivity contribution is -0.119. The third-order valence-corrected chi connectivity index (χ3v) is 3.73. The van der Waals surface area contributed by atoms with E-state index in [-0.39, 0.29) is 5.91 Å². The van der Waals surface area contributed by atoms with Crippen LogP contribution in [0.4, 0.5) is 5.69 Å². The minimum Gasteiger partial charge on any atom is -0.284 e. The summed E-state index contributed by atoms with van der Waals surface area (Å²) in [6, 6.07) is 9.96. The van der Waals surface area contributed by atoms with E-state index in [0.717, 1.165) is 38.2 Å². The molecule has 2 aliphatic rings. The minimum atomic E-state index is -0.0506. The predicted molar refractivity (Wildman–Crippen MR) is 79.4 cm³/mol. The van der Waals surface area contributed by atoms with E-state index in [4.69, 9.17) is 0 Å². The summed E-state index contributed by atoms with van der Waals surface area (Å²) in [6.07, 6.45) is 4.27. The van der Waals surface area contributed by atoms with Crippen molar-refractivity contribution in [3.63, 3.8) is 0 Å². The largest absolute Gasteiger partial charge is 0.284 e. The molecule has 2 heterocycles. The maximum absolute atomic E-state index is 12.2. The molecule has 0 aromatic heterocycles. The molecule has 0 atom stereocenters. The molecular weight excluding hydrogens is 252 g/mol. The number of benzene rings is 1. The molecule has 1 aromatic rings. The van der Waals surface area contributed by atoms with E-state index in [1.807, 2.05) is 40.3 Å². The molecule has 106 valence electrons. The van der Waals surface area contributed by atoms with Crippen molar-refractivity contribution >= 4 is 17.3 Å². The van der Waals surface area contributed by atoms with Crippen LogP contribution in [0.1, 0.15) is 25.7 Å². The molecule has 0 unspecified atom stereocenters. The van der Waals surface area contributed by atoms with Crippen LogP contribution in [0, 0.1) is 0 Å². The van der Waals surface area contributed by atoms with Crippen LogP contribution in [0.2, 0.25) is 0 Å². The Kier molecular flexibility index (Phi) is 3.97. The van der Waals surface area contributed by atoms with Crippen LogP contribution in [0.3, 0.4) is 0 Å². The summed E-state index contributed by atoms with van der Waals surface area (Å²) in [5.74, 6) is -0.0506. The molecule has 20 heavy (non-hydrogen) atoms. The van der Waals surface area contributed by atoms with E-state index >= 15 is 0 Å². The fraction of sp³-hybridized carbons (Fsp3) is 0.467. The van der Waals surface area contributed by atoms with E-state index < -0.39 is 0 Å². The number of hydrogen-bond acceptors (Lipinski definition) is 4. The summed E-state index contributed by atoms with van der Waals surface area (Å²) < 4.78 is 0. The number of nitrogens with zero attached hydrogens (tertiary/aromatic N) is 3. The van der Waals surface area contributed by atoms with Crippen LogP contribution in [0.5, 0.6) is 0 Å². The molecule has 2 aliphatic heterocycles. The number of piperidine rings is 1. The van der Waals surface area contributed by atoms with E-state index in [9.17, 15) is 4.79 Å². The second-order valence-corrected chi connectivity index (χ2v) is 5.24. The first-order valence-corrected chi connectivity index (χ1v) is 7.29. The van der Waals surface area contributed by atoms with Gasteiger partial charge in [0.05, 0.1) is 5.69 Å². The second kappa shape index (κ2) is 6.05. The molecule has 0 saturated carbocycles. The van der Waals surface area contributed by atoms with Crippen molar-refractivity contribution in [2.45, 2.75) is 25.7 Å². The van der Waals surface area contributed by atoms with E-state index in [2.05, 4.69) is 10.5 Å². The summed E-state index contributed by atoms with van der Waals surface area (Å²) in [5, 5.41) is 8.34. The van der Waals surface area contributed by atoms with Gasteiger partial charge in [-0.05, 0) is 25.0 Å². The lowest BCUT2D eigenvalue weighted by Gasteiger charge is -2.26. The summed E-state index contributed by atoms with van der Waals surface area (Å²) in [6.45, 7) is 2.66. The van der Waals surface area contributed by atoms with Crippen molar-refractivity contribution in [2.24, 2.45) is 5.10 Å². The topological polar surface area (TPSA) is 47.9 Å². The number of carbonyl (C=O) groups excluding carboxylic acids is 1. The number of para-hydroxylation sites is 1. The lowest BCUT2D eigenvalue weighted by atomic mass is 10.2. The van der Waals surface area contributed by atoms with Crippen molar-refractivity contribution in [3.8, 4) is 0 Å². The Labute approximate surface area is 119 Å². The number of rotatable bonds is 3. The number of hydrogen-bond donors (Lipinski definition) is 1. The standard InChI is InChI=1S/C15H20N4O/c20-15(17-18-10-5-2-6-11-18)14-9-12-19(16-14)13-7-3-1-4-8-13/h1,3-4,7-8H,2,5-6,9-12H2,(H,17,20). The highest BCUT2D eigenvalue weighted by atomic mass is 16.2. The zero-order valence-corrected chi connectivity index (χ0v) is 11.6. The number of carbonyl (C=O) groups is 1. The zero-order valence-electron chi connectivity index (χ0n) is 11.6. The van der Waals surface area contributed by atoms with Crippen molar-refractivity contribution in [2.75, 3.05) is 24.6 Å². The van der Waals surface area contributed by atoms with Gasteiger partial charge in [-0.3, -0.25) is 15.2 Å². The van der Waals surface area contributed by atoms with Gasteiger partial charge in [-0.25, -0.2) is 5.01 Å². The van der Waals surface area contributed by atoms with E-state index in [1.165, 1.54) is 6.42 Å². The molecule has 1 N–H and O–H groups in total. The van der Waals surface area contributed by atoms with Gasteiger partial charge in [0.2, 0.25) is 0 Å². The maximum Gasteiger partial charge on any atom is 0.281 e. The zero-order chi connectivity index (χ0) is 13.8. The summed E-state index contributed by atoms with van der Waals surface area (Å²) >= 11 is 0. The Morgan fingerprint density at radius 2 is 1.80 bits per heavy atom. The van der Waals surface area contributed by atoms with Gasteiger partial charge in [-0.15, -0.1) is 0 Å². The van der Waals surface area contributed by atoms with E-state index in [0.29, 0.717) is 12.1 Å². The molecule has 1 aromatic carbocycles. The fourth-order valence-electron chi connectivity index (χ4n) is 2.62. The van der Waals surface area contributed by atoms with Crippen molar-refractivity contribution < 1.29 is 4.79 Å². The Hall–Kier alpha value is -1.88. The highest BCUT2D eigenvalue weighted by molar-refractivity contribution is 6.39. The number of hydrazine groups is 1. The Bertz CT molecular complexity index is 494. The average molecular weight is 272 g/mol. The SMILES string of the molecule is O=C(NN1CCCCC1)C1=NN(c2ccccc2)CC1. The first kappa shape index (κ1) is 13.1. The van der Waals surface area contributed by atoms with Gasteiger partial charge >= 0.3 is 0 Å². The van der Waals surface area contributed by atoms with Gasteiger partial charge in [0, 0.05) is 26.1 Å². The average Bonchev–Trinajstić information content (AvgIpc) is 2.99. The molecule has 0 bridgehead atoms. The van der Waals surface area contributed by atoms with Gasteiger partial charge in [-0.1, -0.05) is 24.6 Å². The second-order valence-electron chi connectivity index (χ2n) is 5.24. The Morgan fingerprint density at radius 3 is 2.55 bits per heavy atom. The molecular formula is C15H20N4O. The number of anilines is 1. The van der Waals surface area contributed by atoms with Crippen LogP contribution < -0.4 is 10.4 Å². The van der Waals surface area contributed by atoms with Gasteiger partial charge < -0.3 is 0 Å². The highest BCUT2D eigenvalue weighted by Gasteiger charge is 2.23.